The third kappa shape index (κ3) is 4.85. The van der Waals surface area contributed by atoms with Gasteiger partial charge in [-0.15, -0.1) is 0 Å². The number of carbonyl (C=O) groups is 1. The first-order valence-corrected chi connectivity index (χ1v) is 8.15. The molecule has 1 fully saturated rings. The average Bonchev–Trinajstić information content (AvgIpc) is 3.04. The van der Waals surface area contributed by atoms with Gasteiger partial charge in [-0.1, -0.05) is 50.1 Å². The summed E-state index contributed by atoms with van der Waals surface area (Å²) < 4.78 is 5.79. The predicted octanol–water partition coefficient (Wildman–Crippen LogP) is 3.77. The Labute approximate surface area is 128 Å². The Hall–Kier alpha value is -1.35. The number of benzene rings is 1. The first-order chi connectivity index (χ1) is 10.2. The second-order valence-corrected chi connectivity index (χ2v) is 5.98. The minimum atomic E-state index is 0.111. The van der Waals surface area contributed by atoms with E-state index < -0.39 is 0 Å². The quantitative estimate of drug-likeness (QED) is 0.764. The van der Waals surface area contributed by atoms with E-state index >= 15 is 0 Å². The summed E-state index contributed by atoms with van der Waals surface area (Å²) in [5.74, 6) is 0.111. The summed E-state index contributed by atoms with van der Waals surface area (Å²) in [4.78, 5) is 14.5. The number of hydrogen-bond donors (Lipinski definition) is 0. The van der Waals surface area contributed by atoms with Crippen LogP contribution in [0.15, 0.2) is 30.3 Å². The number of rotatable bonds is 7. The molecule has 2 rings (SSSR count). The highest BCUT2D eigenvalue weighted by Crippen LogP contribution is 2.21. The second-order valence-electron chi connectivity index (χ2n) is 5.98. The van der Waals surface area contributed by atoms with E-state index in [9.17, 15) is 4.79 Å². The maximum Gasteiger partial charge on any atom is 0.249 e. The highest BCUT2D eigenvalue weighted by molar-refractivity contribution is 5.77. The molecule has 0 aromatic heterocycles. The summed E-state index contributed by atoms with van der Waals surface area (Å²) in [5, 5.41) is 0. The smallest absolute Gasteiger partial charge is 0.249 e. The highest BCUT2D eigenvalue weighted by atomic mass is 16.5. The van der Waals surface area contributed by atoms with Gasteiger partial charge in [0.1, 0.15) is 6.61 Å². The summed E-state index contributed by atoms with van der Waals surface area (Å²) in [5.41, 5.74) is 1.17. The van der Waals surface area contributed by atoms with Gasteiger partial charge in [-0.3, -0.25) is 4.79 Å². The first-order valence-electron chi connectivity index (χ1n) is 8.15. The lowest BCUT2D eigenvalue weighted by Crippen LogP contribution is -2.40. The summed E-state index contributed by atoms with van der Waals surface area (Å²) in [6.07, 6.45) is 5.94. The van der Waals surface area contributed by atoms with Crippen molar-refractivity contribution in [1.82, 2.24) is 4.90 Å². The molecule has 0 saturated heterocycles. The van der Waals surface area contributed by atoms with Crippen LogP contribution in [0.5, 0.6) is 0 Å². The van der Waals surface area contributed by atoms with Crippen molar-refractivity contribution in [2.24, 2.45) is 0 Å². The molecule has 0 radical (unpaired) electrons. The van der Waals surface area contributed by atoms with Gasteiger partial charge >= 0.3 is 0 Å². The lowest BCUT2D eigenvalue weighted by atomic mass is 10.1. The molecule has 1 aromatic carbocycles. The lowest BCUT2D eigenvalue weighted by molar-refractivity contribution is -0.141. The van der Waals surface area contributed by atoms with Crippen molar-refractivity contribution < 1.29 is 9.53 Å². The van der Waals surface area contributed by atoms with Crippen LogP contribution in [0.2, 0.25) is 0 Å². The minimum absolute atomic E-state index is 0.111. The van der Waals surface area contributed by atoms with Crippen LogP contribution in [0.4, 0.5) is 0 Å². The molecule has 3 heteroatoms. The van der Waals surface area contributed by atoms with E-state index in [2.05, 4.69) is 26.0 Å². The molecule has 1 saturated carbocycles. The molecular weight excluding hydrogens is 262 g/mol. The molecule has 1 atom stereocenters. The molecule has 0 heterocycles. The van der Waals surface area contributed by atoms with Crippen molar-refractivity contribution in [3.8, 4) is 0 Å². The van der Waals surface area contributed by atoms with Crippen LogP contribution in [0.25, 0.3) is 0 Å². The fraction of sp³-hybridized carbons (Fsp3) is 0.611. The molecule has 1 unspecified atom stereocenters. The number of nitrogens with zero attached hydrogens (tertiary/aromatic N) is 1. The van der Waals surface area contributed by atoms with Crippen LogP contribution < -0.4 is 0 Å². The van der Waals surface area contributed by atoms with E-state index in [1.165, 1.54) is 18.4 Å². The van der Waals surface area contributed by atoms with Gasteiger partial charge in [0.25, 0.3) is 0 Å². The first kappa shape index (κ1) is 16.0. The number of hydrogen-bond acceptors (Lipinski definition) is 2. The van der Waals surface area contributed by atoms with Crippen molar-refractivity contribution in [2.45, 2.75) is 64.6 Å². The third-order valence-electron chi connectivity index (χ3n) is 4.38. The van der Waals surface area contributed by atoms with E-state index in [0.29, 0.717) is 12.6 Å². The fourth-order valence-electron chi connectivity index (χ4n) is 2.82. The molecule has 0 aliphatic heterocycles. The third-order valence-corrected chi connectivity index (χ3v) is 4.38. The Bertz CT molecular complexity index is 426. The summed E-state index contributed by atoms with van der Waals surface area (Å²) in [6, 6.07) is 10.4. The van der Waals surface area contributed by atoms with E-state index in [1.54, 1.807) is 0 Å². The molecule has 1 amide bonds. The predicted molar refractivity (Wildman–Crippen MR) is 85.0 cm³/mol. The van der Waals surface area contributed by atoms with Gasteiger partial charge in [0, 0.05) is 12.6 Å². The number of ether oxygens (including phenoxy) is 1. The minimum Gasteiger partial charge on any atom is -0.368 e. The van der Waals surface area contributed by atoms with Crippen LogP contribution in [0.1, 0.15) is 51.5 Å². The topological polar surface area (TPSA) is 29.5 Å². The van der Waals surface area contributed by atoms with Gasteiger partial charge in [0.15, 0.2) is 0 Å². The molecule has 0 bridgehead atoms. The molecule has 0 N–H and O–H groups in total. The largest absolute Gasteiger partial charge is 0.368 e. The van der Waals surface area contributed by atoms with Crippen LogP contribution in [-0.2, 0) is 16.1 Å². The molecule has 1 aliphatic carbocycles. The SMILES string of the molecule is CCC(C)N(Cc1ccccc1)C(=O)COC1CCCC1. The molecule has 3 nitrogen and oxygen atoms in total. The fourth-order valence-corrected chi connectivity index (χ4v) is 2.82. The van der Waals surface area contributed by atoms with Crippen molar-refractivity contribution in [1.29, 1.82) is 0 Å². The molecule has 116 valence electrons. The number of amides is 1. The standard InChI is InChI=1S/C18H27NO2/c1-3-15(2)19(13-16-9-5-4-6-10-16)18(20)14-21-17-11-7-8-12-17/h4-6,9-10,15,17H,3,7-8,11-14H2,1-2H3. The van der Waals surface area contributed by atoms with Crippen molar-refractivity contribution in [2.75, 3.05) is 6.61 Å². The van der Waals surface area contributed by atoms with E-state index in [-0.39, 0.29) is 18.6 Å². The number of carbonyl (C=O) groups excluding carboxylic acids is 1. The van der Waals surface area contributed by atoms with Crippen molar-refractivity contribution in [3.05, 3.63) is 35.9 Å². The maximum absolute atomic E-state index is 12.5. The summed E-state index contributed by atoms with van der Waals surface area (Å²) >= 11 is 0. The van der Waals surface area contributed by atoms with Crippen molar-refractivity contribution in [3.63, 3.8) is 0 Å². The van der Waals surface area contributed by atoms with E-state index in [4.69, 9.17) is 4.74 Å². The van der Waals surface area contributed by atoms with Crippen LogP contribution in [0, 0.1) is 0 Å². The maximum atomic E-state index is 12.5. The Morgan fingerprint density at radius 1 is 1.29 bits per heavy atom. The van der Waals surface area contributed by atoms with Gasteiger partial charge in [-0.2, -0.15) is 0 Å². The van der Waals surface area contributed by atoms with E-state index in [1.807, 2.05) is 23.1 Å². The van der Waals surface area contributed by atoms with Crippen LogP contribution in [0.3, 0.4) is 0 Å². The Morgan fingerprint density at radius 2 is 1.95 bits per heavy atom. The molecule has 21 heavy (non-hydrogen) atoms. The Balaban J connectivity index is 1.92. The molecular formula is C18H27NO2. The van der Waals surface area contributed by atoms with Gasteiger partial charge in [-0.05, 0) is 31.7 Å². The Morgan fingerprint density at radius 3 is 2.57 bits per heavy atom. The van der Waals surface area contributed by atoms with Crippen molar-refractivity contribution >= 4 is 5.91 Å². The Kier molecular flexibility index (Phi) is 6.24. The van der Waals surface area contributed by atoms with Gasteiger partial charge in [-0.25, -0.2) is 0 Å². The second kappa shape index (κ2) is 8.18. The highest BCUT2D eigenvalue weighted by Gasteiger charge is 2.22. The molecule has 1 aliphatic rings. The van der Waals surface area contributed by atoms with Gasteiger partial charge in [0.05, 0.1) is 6.10 Å². The lowest BCUT2D eigenvalue weighted by Gasteiger charge is -2.29. The van der Waals surface area contributed by atoms with Crippen LogP contribution >= 0.6 is 0 Å². The zero-order valence-corrected chi connectivity index (χ0v) is 13.3. The van der Waals surface area contributed by atoms with Gasteiger partial charge < -0.3 is 9.64 Å². The monoisotopic (exact) mass is 289 g/mol. The van der Waals surface area contributed by atoms with Gasteiger partial charge in [0.2, 0.25) is 5.91 Å². The van der Waals surface area contributed by atoms with Crippen LogP contribution in [-0.4, -0.2) is 29.6 Å². The molecule has 0 spiro atoms. The molecule has 1 aromatic rings. The summed E-state index contributed by atoms with van der Waals surface area (Å²) in [7, 11) is 0. The zero-order valence-electron chi connectivity index (χ0n) is 13.3. The average molecular weight is 289 g/mol. The van der Waals surface area contributed by atoms with E-state index in [0.717, 1.165) is 19.3 Å². The zero-order chi connectivity index (χ0) is 15.1. The summed E-state index contributed by atoms with van der Waals surface area (Å²) in [6.45, 7) is 5.12. The normalized spacial score (nSPS) is 16.9.